The summed E-state index contributed by atoms with van der Waals surface area (Å²) in [4.78, 5) is 8.92. The molecule has 0 unspecified atom stereocenters. The number of pyridine rings is 2. The lowest BCUT2D eigenvalue weighted by Gasteiger charge is -2.08. The second-order valence-corrected chi connectivity index (χ2v) is 5.09. The Kier molecular flexibility index (Phi) is 4.15. The van der Waals surface area contributed by atoms with Crippen molar-refractivity contribution in [2.24, 2.45) is 0 Å². The van der Waals surface area contributed by atoms with Gasteiger partial charge in [-0.3, -0.25) is 4.98 Å². The second kappa shape index (κ2) is 6.39. The fourth-order valence-corrected chi connectivity index (χ4v) is 2.34. The molecule has 3 aromatic rings. The molecule has 1 aromatic carbocycles. The normalized spacial score (nSPS) is 10.5. The average Bonchev–Trinajstić information content (AvgIpc) is 2.57. The minimum Gasteiger partial charge on any atom is -0.437 e. The highest BCUT2D eigenvalue weighted by Crippen LogP contribution is 2.23. The smallest absolute Gasteiger partial charge is 0.219 e. The van der Waals surface area contributed by atoms with Gasteiger partial charge in [-0.25, -0.2) is 4.98 Å². The molecule has 0 saturated heterocycles. The van der Waals surface area contributed by atoms with Gasteiger partial charge in [0.15, 0.2) is 0 Å². The molecule has 0 N–H and O–H groups in total. The Morgan fingerprint density at radius 3 is 2.41 bits per heavy atom. The fraction of sp³-hybridized carbons (Fsp3) is 0.158. The van der Waals surface area contributed by atoms with Gasteiger partial charge in [0, 0.05) is 17.3 Å². The Morgan fingerprint density at radius 2 is 1.77 bits per heavy atom. The van der Waals surface area contributed by atoms with E-state index in [1.807, 2.05) is 55.5 Å². The van der Waals surface area contributed by atoms with E-state index in [9.17, 15) is 0 Å². The number of benzene rings is 1. The number of aryl methyl sites for hydroxylation is 2. The van der Waals surface area contributed by atoms with E-state index in [-0.39, 0.29) is 0 Å². The molecule has 3 rings (SSSR count). The molecule has 0 amide bonds. The monoisotopic (exact) mass is 290 g/mol. The van der Waals surface area contributed by atoms with Gasteiger partial charge in [0.25, 0.3) is 0 Å². The molecule has 3 heteroatoms. The van der Waals surface area contributed by atoms with E-state index in [1.54, 1.807) is 6.20 Å². The molecule has 0 fully saturated rings. The van der Waals surface area contributed by atoms with Crippen molar-refractivity contribution in [3.8, 4) is 22.9 Å². The first kappa shape index (κ1) is 14.3. The number of rotatable bonds is 4. The number of ether oxygens (including phenoxy) is 1. The third-order valence-electron chi connectivity index (χ3n) is 3.58. The van der Waals surface area contributed by atoms with Crippen LogP contribution in [-0.2, 0) is 6.42 Å². The first-order valence-electron chi connectivity index (χ1n) is 7.42. The van der Waals surface area contributed by atoms with Crippen LogP contribution in [0.1, 0.15) is 18.2 Å². The summed E-state index contributed by atoms with van der Waals surface area (Å²) in [6.45, 7) is 4.12. The van der Waals surface area contributed by atoms with Gasteiger partial charge in [-0.2, -0.15) is 0 Å². The van der Waals surface area contributed by atoms with Gasteiger partial charge in [0.05, 0.1) is 11.9 Å². The summed E-state index contributed by atoms with van der Waals surface area (Å²) in [7, 11) is 0. The highest BCUT2D eigenvalue weighted by atomic mass is 16.5. The Bertz CT molecular complexity index is 752. The SMILES string of the molecule is CCc1ccc(Oc2ccc(-c3ccccc3)nc2)nc1C. The molecule has 2 heterocycles. The summed E-state index contributed by atoms with van der Waals surface area (Å²) in [5.41, 5.74) is 4.27. The summed E-state index contributed by atoms with van der Waals surface area (Å²) in [6, 6.07) is 17.9. The van der Waals surface area contributed by atoms with E-state index < -0.39 is 0 Å². The Balaban J connectivity index is 1.78. The van der Waals surface area contributed by atoms with E-state index >= 15 is 0 Å². The molecule has 110 valence electrons. The van der Waals surface area contributed by atoms with Crippen molar-refractivity contribution in [2.45, 2.75) is 20.3 Å². The lowest BCUT2D eigenvalue weighted by atomic mass is 10.1. The van der Waals surface area contributed by atoms with Crippen molar-refractivity contribution in [1.82, 2.24) is 9.97 Å². The summed E-state index contributed by atoms with van der Waals surface area (Å²) in [5, 5.41) is 0. The van der Waals surface area contributed by atoms with Crippen LogP contribution in [0.3, 0.4) is 0 Å². The van der Waals surface area contributed by atoms with Crippen molar-refractivity contribution in [1.29, 1.82) is 0 Å². The maximum atomic E-state index is 5.78. The lowest BCUT2D eigenvalue weighted by molar-refractivity contribution is 0.459. The van der Waals surface area contributed by atoms with E-state index in [4.69, 9.17) is 4.74 Å². The highest BCUT2D eigenvalue weighted by molar-refractivity contribution is 5.59. The third kappa shape index (κ3) is 3.14. The maximum absolute atomic E-state index is 5.78. The van der Waals surface area contributed by atoms with Gasteiger partial charge in [-0.15, -0.1) is 0 Å². The molecule has 0 aliphatic heterocycles. The van der Waals surface area contributed by atoms with Crippen LogP contribution in [0.4, 0.5) is 0 Å². The molecule has 0 aliphatic rings. The van der Waals surface area contributed by atoms with Gasteiger partial charge in [0.1, 0.15) is 5.75 Å². The number of nitrogens with zero attached hydrogens (tertiary/aromatic N) is 2. The van der Waals surface area contributed by atoms with E-state index in [0.29, 0.717) is 11.6 Å². The Morgan fingerprint density at radius 1 is 0.955 bits per heavy atom. The molecule has 0 bridgehead atoms. The number of hydrogen-bond acceptors (Lipinski definition) is 3. The van der Waals surface area contributed by atoms with Crippen molar-refractivity contribution >= 4 is 0 Å². The predicted molar refractivity (Wildman–Crippen MR) is 88.1 cm³/mol. The minimum absolute atomic E-state index is 0.601. The van der Waals surface area contributed by atoms with Crippen molar-refractivity contribution in [3.63, 3.8) is 0 Å². The van der Waals surface area contributed by atoms with Gasteiger partial charge in [-0.05, 0) is 31.0 Å². The minimum atomic E-state index is 0.601. The largest absolute Gasteiger partial charge is 0.437 e. The lowest BCUT2D eigenvalue weighted by Crippen LogP contribution is -1.94. The Labute approximate surface area is 130 Å². The van der Waals surface area contributed by atoms with Gasteiger partial charge >= 0.3 is 0 Å². The topological polar surface area (TPSA) is 35.0 Å². The third-order valence-corrected chi connectivity index (χ3v) is 3.58. The summed E-state index contributed by atoms with van der Waals surface area (Å²) in [5.74, 6) is 1.29. The molecular weight excluding hydrogens is 272 g/mol. The van der Waals surface area contributed by atoms with Crippen molar-refractivity contribution in [3.05, 3.63) is 72.1 Å². The second-order valence-electron chi connectivity index (χ2n) is 5.09. The molecule has 2 aromatic heterocycles. The number of aromatic nitrogens is 2. The first-order valence-corrected chi connectivity index (χ1v) is 7.42. The summed E-state index contributed by atoms with van der Waals surface area (Å²) in [6.07, 6.45) is 2.71. The van der Waals surface area contributed by atoms with Crippen LogP contribution in [-0.4, -0.2) is 9.97 Å². The summed E-state index contributed by atoms with van der Waals surface area (Å²) < 4.78 is 5.78. The van der Waals surface area contributed by atoms with Crippen LogP contribution < -0.4 is 4.74 Å². The maximum Gasteiger partial charge on any atom is 0.219 e. The van der Waals surface area contributed by atoms with Crippen LogP contribution >= 0.6 is 0 Å². The molecular formula is C19H18N2O. The standard InChI is InChI=1S/C19H18N2O/c1-3-15-9-12-19(21-14(15)2)22-17-10-11-18(20-13-17)16-7-5-4-6-8-16/h4-13H,3H2,1-2H3. The molecule has 0 spiro atoms. The Hall–Kier alpha value is -2.68. The van der Waals surface area contributed by atoms with Gasteiger partial charge < -0.3 is 4.74 Å². The van der Waals surface area contributed by atoms with Gasteiger partial charge in [0.2, 0.25) is 5.88 Å². The van der Waals surface area contributed by atoms with Crippen LogP contribution in [0.15, 0.2) is 60.8 Å². The van der Waals surface area contributed by atoms with Crippen LogP contribution in [0.25, 0.3) is 11.3 Å². The van der Waals surface area contributed by atoms with Crippen molar-refractivity contribution < 1.29 is 4.74 Å². The molecule has 22 heavy (non-hydrogen) atoms. The van der Waals surface area contributed by atoms with Crippen LogP contribution in [0.5, 0.6) is 11.6 Å². The fourth-order valence-electron chi connectivity index (χ4n) is 2.34. The number of hydrogen-bond donors (Lipinski definition) is 0. The molecule has 3 nitrogen and oxygen atoms in total. The van der Waals surface area contributed by atoms with E-state index in [0.717, 1.165) is 23.4 Å². The van der Waals surface area contributed by atoms with Crippen LogP contribution in [0, 0.1) is 6.92 Å². The van der Waals surface area contributed by atoms with Crippen molar-refractivity contribution in [2.75, 3.05) is 0 Å². The zero-order valence-corrected chi connectivity index (χ0v) is 12.8. The average molecular weight is 290 g/mol. The molecule has 0 atom stereocenters. The zero-order chi connectivity index (χ0) is 15.4. The first-order chi connectivity index (χ1) is 10.8. The van der Waals surface area contributed by atoms with E-state index in [1.165, 1.54) is 5.56 Å². The van der Waals surface area contributed by atoms with Crippen LogP contribution in [0.2, 0.25) is 0 Å². The molecule has 0 saturated carbocycles. The molecule has 0 radical (unpaired) electrons. The summed E-state index contributed by atoms with van der Waals surface area (Å²) >= 11 is 0. The molecule has 0 aliphatic carbocycles. The zero-order valence-electron chi connectivity index (χ0n) is 12.8. The van der Waals surface area contributed by atoms with E-state index in [2.05, 4.69) is 23.0 Å². The highest BCUT2D eigenvalue weighted by Gasteiger charge is 2.04. The van der Waals surface area contributed by atoms with Gasteiger partial charge in [-0.1, -0.05) is 43.3 Å². The predicted octanol–water partition coefficient (Wildman–Crippen LogP) is 4.81. The quantitative estimate of drug-likeness (QED) is 0.692.